The van der Waals surface area contributed by atoms with E-state index in [1.165, 1.54) is 13.0 Å². The van der Waals surface area contributed by atoms with Gasteiger partial charge < -0.3 is 4.74 Å². The molecule has 0 radical (unpaired) electrons. The molecule has 0 saturated heterocycles. The van der Waals surface area contributed by atoms with Gasteiger partial charge in [0.05, 0.1) is 17.1 Å². The van der Waals surface area contributed by atoms with Crippen molar-refractivity contribution in [3.05, 3.63) is 33.1 Å². The summed E-state index contributed by atoms with van der Waals surface area (Å²) < 4.78 is 30.0. The molecular weight excluding hydrogens is 264 g/mol. The molecule has 7 nitrogen and oxygen atoms in total. The Bertz CT molecular complexity index is 569. The minimum atomic E-state index is -3.15. The van der Waals surface area contributed by atoms with Crippen molar-refractivity contribution in [2.75, 3.05) is 6.61 Å². The van der Waals surface area contributed by atoms with Gasteiger partial charge in [-0.15, -0.1) is 0 Å². The summed E-state index contributed by atoms with van der Waals surface area (Å²) in [5, 5.41) is 19.3. The standard InChI is InChI=1S/C10H7F2N3O4/c1-2-19-10(16)8-5(9(11)12)3-7(15(17)18)6(4-13)14-8/h3,9H,2H2,1H3. The van der Waals surface area contributed by atoms with Crippen molar-refractivity contribution in [3.8, 4) is 6.07 Å². The van der Waals surface area contributed by atoms with Gasteiger partial charge in [-0.05, 0) is 6.92 Å². The molecule has 9 heteroatoms. The summed E-state index contributed by atoms with van der Waals surface area (Å²) in [5.74, 6) is -1.16. The molecule has 0 aliphatic carbocycles. The Morgan fingerprint density at radius 2 is 2.32 bits per heavy atom. The van der Waals surface area contributed by atoms with Gasteiger partial charge >= 0.3 is 11.7 Å². The van der Waals surface area contributed by atoms with Crippen LogP contribution in [0.15, 0.2) is 6.07 Å². The summed E-state index contributed by atoms with van der Waals surface area (Å²) in [5.41, 5.74) is -3.34. The number of halogens is 2. The van der Waals surface area contributed by atoms with E-state index >= 15 is 0 Å². The monoisotopic (exact) mass is 271 g/mol. The van der Waals surface area contributed by atoms with Gasteiger partial charge in [0.25, 0.3) is 6.43 Å². The molecule has 0 unspecified atom stereocenters. The lowest BCUT2D eigenvalue weighted by Gasteiger charge is -2.07. The first kappa shape index (κ1) is 14.4. The predicted molar refractivity (Wildman–Crippen MR) is 56.5 cm³/mol. The van der Waals surface area contributed by atoms with E-state index in [0.717, 1.165) is 0 Å². The smallest absolute Gasteiger partial charge is 0.357 e. The molecule has 0 saturated carbocycles. The highest BCUT2D eigenvalue weighted by Crippen LogP contribution is 2.28. The lowest BCUT2D eigenvalue weighted by atomic mass is 10.1. The third kappa shape index (κ3) is 2.98. The highest BCUT2D eigenvalue weighted by molar-refractivity contribution is 5.89. The summed E-state index contributed by atoms with van der Waals surface area (Å²) >= 11 is 0. The number of alkyl halides is 2. The average molecular weight is 271 g/mol. The van der Waals surface area contributed by atoms with E-state index in [2.05, 4.69) is 9.72 Å². The van der Waals surface area contributed by atoms with E-state index in [0.29, 0.717) is 6.07 Å². The second kappa shape index (κ2) is 5.81. The van der Waals surface area contributed by atoms with E-state index < -0.39 is 40.0 Å². The highest BCUT2D eigenvalue weighted by Gasteiger charge is 2.28. The predicted octanol–water partition coefficient (Wildman–Crippen LogP) is 1.98. The molecule has 0 N–H and O–H groups in total. The minimum absolute atomic E-state index is 0.0813. The molecule has 0 amide bonds. The molecule has 1 aromatic heterocycles. The summed E-state index contributed by atoms with van der Waals surface area (Å²) in [6.07, 6.45) is -3.15. The Balaban J connectivity index is 3.50. The number of carbonyl (C=O) groups excluding carboxylic acids is 1. The number of nitro groups is 1. The summed E-state index contributed by atoms with van der Waals surface area (Å²) in [6, 6.07) is 1.84. The van der Waals surface area contributed by atoms with Crippen LogP contribution in [0.4, 0.5) is 14.5 Å². The number of ether oxygens (including phenoxy) is 1. The first-order valence-electron chi connectivity index (χ1n) is 4.97. The first-order chi connectivity index (χ1) is 8.92. The van der Waals surface area contributed by atoms with Crippen molar-refractivity contribution in [2.24, 2.45) is 0 Å². The number of hydrogen-bond donors (Lipinski definition) is 0. The highest BCUT2D eigenvalue weighted by atomic mass is 19.3. The van der Waals surface area contributed by atoms with Gasteiger partial charge in [0.2, 0.25) is 5.69 Å². The number of carbonyl (C=O) groups is 1. The maximum absolute atomic E-state index is 12.8. The zero-order chi connectivity index (χ0) is 14.6. The molecule has 1 aromatic rings. The van der Waals surface area contributed by atoms with Gasteiger partial charge in [-0.3, -0.25) is 10.1 Å². The van der Waals surface area contributed by atoms with Gasteiger partial charge in [-0.1, -0.05) is 0 Å². The minimum Gasteiger partial charge on any atom is -0.461 e. The van der Waals surface area contributed by atoms with Crippen LogP contribution >= 0.6 is 0 Å². The van der Waals surface area contributed by atoms with Crippen LogP contribution < -0.4 is 0 Å². The van der Waals surface area contributed by atoms with Gasteiger partial charge in [-0.2, -0.15) is 5.26 Å². The molecule has 0 aromatic carbocycles. The topological polar surface area (TPSA) is 106 Å². The van der Waals surface area contributed by atoms with Crippen molar-refractivity contribution < 1.29 is 23.2 Å². The van der Waals surface area contributed by atoms with Gasteiger partial charge in [0, 0.05) is 6.07 Å². The second-order valence-electron chi connectivity index (χ2n) is 3.18. The third-order valence-electron chi connectivity index (χ3n) is 2.04. The normalized spacial score (nSPS) is 10.1. The Morgan fingerprint density at radius 1 is 1.68 bits per heavy atom. The quantitative estimate of drug-likeness (QED) is 0.470. The van der Waals surface area contributed by atoms with Crippen molar-refractivity contribution >= 4 is 11.7 Å². The first-order valence-corrected chi connectivity index (χ1v) is 4.97. The fraction of sp³-hybridized carbons (Fsp3) is 0.300. The summed E-state index contributed by atoms with van der Waals surface area (Å²) in [7, 11) is 0. The van der Waals surface area contributed by atoms with Crippen LogP contribution in [0.3, 0.4) is 0 Å². The van der Waals surface area contributed by atoms with Gasteiger partial charge in [0.1, 0.15) is 6.07 Å². The van der Waals surface area contributed by atoms with E-state index in [9.17, 15) is 23.7 Å². The molecule has 0 fully saturated rings. The van der Waals surface area contributed by atoms with Crippen molar-refractivity contribution in [1.29, 1.82) is 5.26 Å². The van der Waals surface area contributed by atoms with Crippen LogP contribution in [-0.2, 0) is 4.74 Å². The second-order valence-corrected chi connectivity index (χ2v) is 3.18. The molecule has 0 aliphatic heterocycles. The van der Waals surface area contributed by atoms with Crippen LogP contribution in [0.2, 0.25) is 0 Å². The van der Waals surface area contributed by atoms with Crippen molar-refractivity contribution in [2.45, 2.75) is 13.3 Å². The fourth-order valence-electron chi connectivity index (χ4n) is 1.27. The molecular formula is C10H7F2N3O4. The van der Waals surface area contributed by atoms with Crippen LogP contribution in [0.25, 0.3) is 0 Å². The molecule has 0 aliphatic rings. The number of nitrogens with zero attached hydrogens (tertiary/aromatic N) is 3. The average Bonchev–Trinajstić information content (AvgIpc) is 2.36. The van der Waals surface area contributed by atoms with Crippen LogP contribution in [0.5, 0.6) is 0 Å². The summed E-state index contributed by atoms with van der Waals surface area (Å²) in [6.45, 7) is 1.37. The number of pyridine rings is 1. The van der Waals surface area contributed by atoms with Gasteiger partial charge in [0.15, 0.2) is 5.69 Å². The van der Waals surface area contributed by atoms with E-state index in [4.69, 9.17) is 5.26 Å². The Hall–Kier alpha value is -2.63. The third-order valence-corrected chi connectivity index (χ3v) is 2.04. The van der Waals surface area contributed by atoms with Crippen LogP contribution in [-0.4, -0.2) is 22.5 Å². The van der Waals surface area contributed by atoms with Crippen molar-refractivity contribution in [1.82, 2.24) is 4.98 Å². The van der Waals surface area contributed by atoms with Crippen LogP contribution in [0.1, 0.15) is 35.1 Å². The molecule has 1 heterocycles. The summed E-state index contributed by atoms with van der Waals surface area (Å²) in [4.78, 5) is 24.3. The maximum Gasteiger partial charge on any atom is 0.357 e. The number of nitriles is 1. The number of aromatic nitrogens is 1. The fourth-order valence-corrected chi connectivity index (χ4v) is 1.27. The lowest BCUT2D eigenvalue weighted by Crippen LogP contribution is -2.13. The Kier molecular flexibility index (Phi) is 4.41. The van der Waals surface area contributed by atoms with E-state index in [1.54, 1.807) is 0 Å². The van der Waals surface area contributed by atoms with E-state index in [-0.39, 0.29) is 6.61 Å². The molecule has 1 rings (SSSR count). The number of rotatable bonds is 4. The van der Waals surface area contributed by atoms with Gasteiger partial charge in [-0.25, -0.2) is 18.6 Å². The lowest BCUT2D eigenvalue weighted by molar-refractivity contribution is -0.385. The molecule has 0 bridgehead atoms. The zero-order valence-corrected chi connectivity index (χ0v) is 9.59. The molecule has 100 valence electrons. The van der Waals surface area contributed by atoms with Crippen LogP contribution in [0, 0.1) is 21.4 Å². The number of hydrogen-bond acceptors (Lipinski definition) is 6. The van der Waals surface area contributed by atoms with E-state index in [1.807, 2.05) is 0 Å². The zero-order valence-electron chi connectivity index (χ0n) is 9.59. The maximum atomic E-state index is 12.8. The number of esters is 1. The molecule has 0 spiro atoms. The van der Waals surface area contributed by atoms with Crippen molar-refractivity contribution in [3.63, 3.8) is 0 Å². The SMILES string of the molecule is CCOC(=O)c1nc(C#N)c([N+](=O)[O-])cc1C(F)F. The largest absolute Gasteiger partial charge is 0.461 e. The molecule has 19 heavy (non-hydrogen) atoms. The Morgan fingerprint density at radius 3 is 2.74 bits per heavy atom. The molecule has 0 atom stereocenters. The Labute approximate surface area is 105 Å².